The molecule has 126 valence electrons. The molecule has 2 aromatic carbocycles. The first-order chi connectivity index (χ1) is 11.4. The van der Waals surface area contributed by atoms with Gasteiger partial charge in [0.1, 0.15) is 12.4 Å². The zero-order chi connectivity index (χ0) is 17.7. The molecule has 2 rings (SSSR count). The van der Waals surface area contributed by atoms with E-state index in [1.807, 2.05) is 32.0 Å². The largest absolute Gasteiger partial charge is 0.329 e. The van der Waals surface area contributed by atoms with Crippen LogP contribution in [0.4, 0.5) is 10.1 Å². The van der Waals surface area contributed by atoms with Gasteiger partial charge in [0.15, 0.2) is 0 Å². The number of anilines is 1. The van der Waals surface area contributed by atoms with Gasteiger partial charge in [0, 0.05) is 19.2 Å². The molecule has 0 unspecified atom stereocenters. The summed E-state index contributed by atoms with van der Waals surface area (Å²) in [6, 6.07) is 11.6. The molecule has 0 aromatic heterocycles. The van der Waals surface area contributed by atoms with Crippen molar-refractivity contribution < 1.29 is 14.0 Å². The first-order valence-electron chi connectivity index (χ1n) is 7.73. The van der Waals surface area contributed by atoms with Gasteiger partial charge >= 0.3 is 0 Å². The van der Waals surface area contributed by atoms with Crippen LogP contribution < -0.4 is 5.32 Å². The minimum atomic E-state index is -0.333. The summed E-state index contributed by atoms with van der Waals surface area (Å²) in [7, 11) is 0. The van der Waals surface area contributed by atoms with Crippen LogP contribution >= 0.6 is 0 Å². The molecule has 0 spiro atoms. The summed E-state index contributed by atoms with van der Waals surface area (Å²) in [6.45, 7) is 5.53. The number of hydrogen-bond donors (Lipinski definition) is 1. The van der Waals surface area contributed by atoms with Gasteiger partial charge in [0.2, 0.25) is 11.8 Å². The number of carbonyl (C=O) groups excluding carboxylic acids is 2. The highest BCUT2D eigenvalue weighted by atomic mass is 19.1. The lowest BCUT2D eigenvalue weighted by molar-refractivity contribution is -0.133. The maximum Gasteiger partial charge on any atom is 0.244 e. The molecule has 2 aromatic rings. The van der Waals surface area contributed by atoms with E-state index in [0.717, 1.165) is 22.4 Å². The van der Waals surface area contributed by atoms with Crippen molar-refractivity contribution in [2.45, 2.75) is 27.3 Å². The number of benzene rings is 2. The number of halogens is 1. The number of hydrogen-bond acceptors (Lipinski definition) is 2. The number of rotatable bonds is 5. The second-order valence-corrected chi connectivity index (χ2v) is 5.80. The molecular formula is C19H21FN2O2. The average molecular weight is 328 g/mol. The van der Waals surface area contributed by atoms with Crippen molar-refractivity contribution in [1.82, 2.24) is 4.90 Å². The van der Waals surface area contributed by atoms with E-state index in [1.54, 1.807) is 12.1 Å². The second-order valence-electron chi connectivity index (χ2n) is 5.80. The van der Waals surface area contributed by atoms with Gasteiger partial charge in [-0.05, 0) is 48.7 Å². The standard InChI is InChI=1S/C19H21FN2O2/c1-13-5-4-6-18(14(13)2)21-19(24)12-22(15(3)23)11-16-7-9-17(20)10-8-16/h4-10H,11-12H2,1-3H3,(H,21,24). The molecule has 1 N–H and O–H groups in total. The molecule has 0 bridgehead atoms. The number of carbonyl (C=O) groups is 2. The van der Waals surface area contributed by atoms with Gasteiger partial charge in [-0.1, -0.05) is 24.3 Å². The molecule has 0 radical (unpaired) electrons. The van der Waals surface area contributed by atoms with Crippen molar-refractivity contribution in [3.63, 3.8) is 0 Å². The summed E-state index contributed by atoms with van der Waals surface area (Å²) in [5, 5.41) is 2.84. The molecule has 0 saturated carbocycles. The fourth-order valence-corrected chi connectivity index (χ4v) is 2.34. The molecule has 0 fully saturated rings. The maximum absolute atomic E-state index is 13.0. The quantitative estimate of drug-likeness (QED) is 0.914. The number of aryl methyl sites for hydroxylation is 1. The molecule has 24 heavy (non-hydrogen) atoms. The molecule has 0 atom stereocenters. The summed E-state index contributed by atoms with van der Waals surface area (Å²) in [6.07, 6.45) is 0. The minimum Gasteiger partial charge on any atom is -0.329 e. The van der Waals surface area contributed by atoms with Crippen LogP contribution in [0.1, 0.15) is 23.6 Å². The van der Waals surface area contributed by atoms with Gasteiger partial charge in [0.05, 0.1) is 0 Å². The van der Waals surface area contributed by atoms with Crippen LogP contribution in [-0.2, 0) is 16.1 Å². The maximum atomic E-state index is 13.0. The Hall–Kier alpha value is -2.69. The topological polar surface area (TPSA) is 49.4 Å². The minimum absolute atomic E-state index is 0.0555. The van der Waals surface area contributed by atoms with Crippen LogP contribution in [0.3, 0.4) is 0 Å². The fourth-order valence-electron chi connectivity index (χ4n) is 2.34. The molecule has 2 amide bonds. The lowest BCUT2D eigenvalue weighted by Crippen LogP contribution is -2.36. The number of nitrogens with zero attached hydrogens (tertiary/aromatic N) is 1. The molecule has 0 aliphatic heterocycles. The Kier molecular flexibility index (Phi) is 5.68. The lowest BCUT2D eigenvalue weighted by Gasteiger charge is -2.21. The summed E-state index contributed by atoms with van der Waals surface area (Å²) < 4.78 is 13.0. The number of nitrogens with one attached hydrogen (secondary N) is 1. The lowest BCUT2D eigenvalue weighted by atomic mass is 10.1. The fraction of sp³-hybridized carbons (Fsp3) is 0.263. The molecule has 0 aliphatic carbocycles. The predicted molar refractivity (Wildman–Crippen MR) is 92.0 cm³/mol. The molecular weight excluding hydrogens is 307 g/mol. The predicted octanol–water partition coefficient (Wildman–Crippen LogP) is 3.43. The van der Waals surface area contributed by atoms with Crippen LogP contribution in [0.2, 0.25) is 0 Å². The van der Waals surface area contributed by atoms with E-state index >= 15 is 0 Å². The van der Waals surface area contributed by atoms with Crippen molar-refractivity contribution in [3.8, 4) is 0 Å². The molecule has 0 heterocycles. The Morgan fingerprint density at radius 3 is 2.38 bits per heavy atom. The highest BCUT2D eigenvalue weighted by Gasteiger charge is 2.15. The number of amides is 2. The van der Waals surface area contributed by atoms with Gasteiger partial charge in [0.25, 0.3) is 0 Å². The third-order valence-corrected chi connectivity index (χ3v) is 3.95. The normalized spacial score (nSPS) is 10.3. The Balaban J connectivity index is 2.04. The third kappa shape index (κ3) is 4.65. The van der Waals surface area contributed by atoms with Gasteiger partial charge in [-0.3, -0.25) is 9.59 Å². The summed E-state index contributed by atoms with van der Waals surface area (Å²) in [5.74, 6) is -0.808. The molecule has 4 nitrogen and oxygen atoms in total. The van der Waals surface area contributed by atoms with E-state index in [4.69, 9.17) is 0 Å². The molecule has 0 aliphatic rings. The van der Waals surface area contributed by atoms with Gasteiger partial charge in [-0.25, -0.2) is 4.39 Å². The van der Waals surface area contributed by atoms with E-state index < -0.39 is 0 Å². The van der Waals surface area contributed by atoms with Crippen LogP contribution in [-0.4, -0.2) is 23.3 Å². The van der Waals surface area contributed by atoms with E-state index in [1.165, 1.54) is 24.0 Å². The van der Waals surface area contributed by atoms with Crippen LogP contribution in [0.5, 0.6) is 0 Å². The second kappa shape index (κ2) is 7.73. The van der Waals surface area contributed by atoms with Gasteiger partial charge in [-0.15, -0.1) is 0 Å². The highest BCUT2D eigenvalue weighted by molar-refractivity contribution is 5.95. The summed E-state index contributed by atoms with van der Waals surface area (Å²) >= 11 is 0. The van der Waals surface area contributed by atoms with Gasteiger partial charge in [-0.2, -0.15) is 0 Å². The molecule has 5 heteroatoms. The van der Waals surface area contributed by atoms with Crippen LogP contribution in [0.15, 0.2) is 42.5 Å². The zero-order valence-electron chi connectivity index (χ0n) is 14.1. The van der Waals surface area contributed by atoms with Crippen molar-refractivity contribution in [3.05, 3.63) is 65.0 Å². The zero-order valence-corrected chi connectivity index (χ0v) is 14.1. The monoisotopic (exact) mass is 328 g/mol. The van der Waals surface area contributed by atoms with Crippen molar-refractivity contribution in [1.29, 1.82) is 0 Å². The van der Waals surface area contributed by atoms with Crippen LogP contribution in [0.25, 0.3) is 0 Å². The first kappa shape index (κ1) is 17.7. The summed E-state index contributed by atoms with van der Waals surface area (Å²) in [4.78, 5) is 25.5. The Morgan fingerprint density at radius 1 is 1.08 bits per heavy atom. The van der Waals surface area contributed by atoms with E-state index in [2.05, 4.69) is 5.32 Å². The van der Waals surface area contributed by atoms with Crippen molar-refractivity contribution in [2.24, 2.45) is 0 Å². The van der Waals surface area contributed by atoms with Gasteiger partial charge < -0.3 is 10.2 Å². The summed E-state index contributed by atoms with van der Waals surface area (Å²) in [5.41, 5.74) is 3.60. The third-order valence-electron chi connectivity index (χ3n) is 3.95. The molecule has 0 saturated heterocycles. The van der Waals surface area contributed by atoms with Crippen molar-refractivity contribution >= 4 is 17.5 Å². The average Bonchev–Trinajstić information content (AvgIpc) is 2.53. The van der Waals surface area contributed by atoms with E-state index in [0.29, 0.717) is 0 Å². The van der Waals surface area contributed by atoms with E-state index in [9.17, 15) is 14.0 Å². The van der Waals surface area contributed by atoms with E-state index in [-0.39, 0.29) is 30.7 Å². The van der Waals surface area contributed by atoms with Crippen molar-refractivity contribution in [2.75, 3.05) is 11.9 Å². The first-order valence-corrected chi connectivity index (χ1v) is 7.73. The van der Waals surface area contributed by atoms with Crippen LogP contribution in [0, 0.1) is 19.7 Å². The Labute approximate surface area is 141 Å². The Bertz CT molecular complexity index is 742. The smallest absolute Gasteiger partial charge is 0.244 e. The Morgan fingerprint density at radius 2 is 1.75 bits per heavy atom. The highest BCUT2D eigenvalue weighted by Crippen LogP contribution is 2.18. The SMILES string of the molecule is CC(=O)N(CC(=O)Nc1cccc(C)c1C)Cc1ccc(F)cc1.